The summed E-state index contributed by atoms with van der Waals surface area (Å²) in [6.45, 7) is 1.18. The van der Waals surface area contributed by atoms with E-state index in [0.717, 1.165) is 30.7 Å². The fourth-order valence-corrected chi connectivity index (χ4v) is 3.97. The van der Waals surface area contributed by atoms with Crippen LogP contribution in [0.4, 0.5) is 29.3 Å². The van der Waals surface area contributed by atoms with Gasteiger partial charge >= 0.3 is 12.2 Å². The van der Waals surface area contributed by atoms with E-state index in [2.05, 4.69) is 20.8 Å². The SMILES string of the molecule is COc1ccc(-c2n[nH]c(C3CCOCC3)c2NC(=O)Nc2ccc(C(F)(F)F)cc2)cc1OC. The molecule has 2 heterocycles. The Morgan fingerprint density at radius 2 is 1.71 bits per heavy atom. The van der Waals surface area contributed by atoms with Crippen LogP contribution in [0.1, 0.15) is 30.0 Å². The number of nitrogens with zero attached hydrogens (tertiary/aromatic N) is 1. The number of aromatic nitrogens is 2. The lowest BCUT2D eigenvalue weighted by molar-refractivity contribution is -0.137. The minimum Gasteiger partial charge on any atom is -0.493 e. The lowest BCUT2D eigenvalue weighted by atomic mass is 9.94. The van der Waals surface area contributed by atoms with Gasteiger partial charge in [0.2, 0.25) is 0 Å². The molecule has 2 amide bonds. The van der Waals surface area contributed by atoms with Crippen molar-refractivity contribution in [2.24, 2.45) is 0 Å². The Morgan fingerprint density at radius 1 is 1.03 bits per heavy atom. The van der Waals surface area contributed by atoms with E-state index < -0.39 is 17.8 Å². The molecule has 1 fully saturated rings. The molecule has 0 saturated carbocycles. The Morgan fingerprint density at radius 3 is 2.34 bits per heavy atom. The van der Waals surface area contributed by atoms with Crippen LogP contribution in [-0.4, -0.2) is 43.7 Å². The molecule has 35 heavy (non-hydrogen) atoms. The Balaban J connectivity index is 1.63. The molecule has 1 saturated heterocycles. The van der Waals surface area contributed by atoms with E-state index in [-0.39, 0.29) is 11.6 Å². The summed E-state index contributed by atoms with van der Waals surface area (Å²) in [7, 11) is 3.06. The van der Waals surface area contributed by atoms with Gasteiger partial charge in [0.05, 0.1) is 31.2 Å². The highest BCUT2D eigenvalue weighted by Gasteiger charge is 2.30. The molecule has 0 radical (unpaired) electrons. The van der Waals surface area contributed by atoms with Gasteiger partial charge in [0.1, 0.15) is 5.69 Å². The number of rotatable bonds is 6. The number of methoxy groups -OCH3 is 2. The second-order valence-corrected chi connectivity index (χ2v) is 7.97. The minimum absolute atomic E-state index is 0.0894. The van der Waals surface area contributed by atoms with Gasteiger partial charge in [-0.2, -0.15) is 18.3 Å². The lowest BCUT2D eigenvalue weighted by Gasteiger charge is -2.22. The largest absolute Gasteiger partial charge is 0.493 e. The van der Waals surface area contributed by atoms with Crippen molar-refractivity contribution in [1.82, 2.24) is 10.2 Å². The average molecular weight is 490 g/mol. The number of nitrogens with one attached hydrogen (secondary N) is 3. The van der Waals surface area contributed by atoms with Gasteiger partial charge in [-0.25, -0.2) is 4.79 Å². The summed E-state index contributed by atoms with van der Waals surface area (Å²) < 4.78 is 54.6. The molecule has 11 heteroatoms. The van der Waals surface area contributed by atoms with E-state index in [0.29, 0.717) is 41.7 Å². The van der Waals surface area contributed by atoms with Crippen LogP contribution in [0.15, 0.2) is 42.5 Å². The number of carbonyl (C=O) groups is 1. The minimum atomic E-state index is -4.45. The summed E-state index contributed by atoms with van der Waals surface area (Å²) in [6.07, 6.45) is -2.95. The van der Waals surface area contributed by atoms with Crippen LogP contribution in [0.2, 0.25) is 0 Å². The van der Waals surface area contributed by atoms with Crippen molar-refractivity contribution in [1.29, 1.82) is 0 Å². The fourth-order valence-electron chi connectivity index (χ4n) is 3.97. The molecule has 8 nitrogen and oxygen atoms in total. The number of anilines is 2. The van der Waals surface area contributed by atoms with E-state index in [4.69, 9.17) is 14.2 Å². The van der Waals surface area contributed by atoms with Gasteiger partial charge < -0.3 is 24.8 Å². The molecule has 0 bridgehead atoms. The van der Waals surface area contributed by atoms with Crippen molar-refractivity contribution in [2.75, 3.05) is 38.1 Å². The maximum absolute atomic E-state index is 12.8. The first kappa shape index (κ1) is 24.4. The van der Waals surface area contributed by atoms with Gasteiger partial charge in [0, 0.05) is 30.4 Å². The molecule has 1 aliphatic rings. The molecule has 2 aromatic carbocycles. The molecular weight excluding hydrogens is 465 g/mol. The number of hydrogen-bond donors (Lipinski definition) is 3. The second-order valence-electron chi connectivity index (χ2n) is 7.97. The zero-order chi connectivity index (χ0) is 25.0. The van der Waals surface area contributed by atoms with E-state index in [1.165, 1.54) is 26.4 Å². The second kappa shape index (κ2) is 10.3. The van der Waals surface area contributed by atoms with E-state index in [1.54, 1.807) is 18.2 Å². The third-order valence-corrected chi connectivity index (χ3v) is 5.79. The van der Waals surface area contributed by atoms with Crippen molar-refractivity contribution in [2.45, 2.75) is 24.9 Å². The summed E-state index contributed by atoms with van der Waals surface area (Å²) in [5.74, 6) is 1.14. The first-order valence-corrected chi connectivity index (χ1v) is 10.9. The van der Waals surface area contributed by atoms with Crippen LogP contribution in [0, 0.1) is 0 Å². The number of carbonyl (C=O) groups excluding carboxylic acids is 1. The number of aromatic amines is 1. The van der Waals surface area contributed by atoms with Crippen LogP contribution in [0.3, 0.4) is 0 Å². The normalized spacial score (nSPS) is 14.4. The third-order valence-electron chi connectivity index (χ3n) is 5.79. The van der Waals surface area contributed by atoms with E-state index in [1.807, 2.05) is 0 Å². The first-order chi connectivity index (χ1) is 16.8. The van der Waals surface area contributed by atoms with Crippen molar-refractivity contribution >= 4 is 17.4 Å². The van der Waals surface area contributed by atoms with Crippen LogP contribution >= 0.6 is 0 Å². The molecule has 4 rings (SSSR count). The zero-order valence-electron chi connectivity index (χ0n) is 19.2. The van der Waals surface area contributed by atoms with E-state index >= 15 is 0 Å². The highest BCUT2D eigenvalue weighted by Crippen LogP contribution is 2.39. The number of benzene rings is 2. The lowest BCUT2D eigenvalue weighted by Crippen LogP contribution is -2.22. The molecule has 0 aliphatic carbocycles. The molecule has 1 aliphatic heterocycles. The topological polar surface area (TPSA) is 97.5 Å². The molecule has 0 unspecified atom stereocenters. The number of amides is 2. The van der Waals surface area contributed by atoms with Gasteiger partial charge in [-0.3, -0.25) is 5.10 Å². The van der Waals surface area contributed by atoms with Crippen molar-refractivity contribution in [3.05, 3.63) is 53.7 Å². The molecular formula is C24H25F3N4O4. The van der Waals surface area contributed by atoms with Crippen LogP contribution in [-0.2, 0) is 10.9 Å². The summed E-state index contributed by atoms with van der Waals surface area (Å²) in [5.41, 5.74) is 1.83. The molecule has 0 atom stereocenters. The van der Waals surface area contributed by atoms with Crippen molar-refractivity contribution < 1.29 is 32.2 Å². The standard InChI is InChI=1S/C24H25F3N4O4/c1-33-18-8-3-15(13-19(18)34-2)21-22(20(30-31-21)14-9-11-35-12-10-14)29-23(32)28-17-6-4-16(5-7-17)24(25,26)27/h3-8,13-14H,9-12H2,1-2H3,(H,30,31)(H2,28,29,32). The molecule has 3 aromatic rings. The Bertz CT molecular complexity index is 1170. The van der Waals surface area contributed by atoms with Crippen LogP contribution < -0.4 is 20.1 Å². The fraction of sp³-hybridized carbons (Fsp3) is 0.333. The van der Waals surface area contributed by atoms with E-state index in [9.17, 15) is 18.0 Å². The summed E-state index contributed by atoms with van der Waals surface area (Å²) in [5, 5.41) is 12.9. The Labute approximate surface area is 199 Å². The quantitative estimate of drug-likeness (QED) is 0.415. The monoisotopic (exact) mass is 490 g/mol. The summed E-state index contributed by atoms with van der Waals surface area (Å²) >= 11 is 0. The number of ether oxygens (including phenoxy) is 3. The number of halogens is 3. The van der Waals surface area contributed by atoms with Crippen LogP contribution in [0.25, 0.3) is 11.3 Å². The van der Waals surface area contributed by atoms with Gasteiger partial charge in [-0.15, -0.1) is 0 Å². The molecule has 0 spiro atoms. The number of urea groups is 1. The highest BCUT2D eigenvalue weighted by atomic mass is 19.4. The number of H-pyrrole nitrogens is 1. The molecule has 186 valence electrons. The predicted octanol–water partition coefficient (Wildman–Crippen LogP) is 5.65. The summed E-state index contributed by atoms with van der Waals surface area (Å²) in [6, 6.07) is 8.90. The average Bonchev–Trinajstić information content (AvgIpc) is 3.27. The number of hydrogen-bond acceptors (Lipinski definition) is 5. The zero-order valence-corrected chi connectivity index (χ0v) is 19.2. The van der Waals surface area contributed by atoms with Crippen molar-refractivity contribution in [3.63, 3.8) is 0 Å². The molecule has 3 N–H and O–H groups in total. The summed E-state index contributed by atoms with van der Waals surface area (Å²) in [4.78, 5) is 12.8. The first-order valence-electron chi connectivity index (χ1n) is 10.9. The van der Waals surface area contributed by atoms with Gasteiger partial charge in [0.25, 0.3) is 0 Å². The predicted molar refractivity (Wildman–Crippen MR) is 124 cm³/mol. The highest BCUT2D eigenvalue weighted by molar-refractivity contribution is 6.02. The van der Waals surface area contributed by atoms with Gasteiger partial charge in [-0.1, -0.05) is 0 Å². The number of alkyl halides is 3. The Hall–Kier alpha value is -3.73. The smallest absolute Gasteiger partial charge is 0.416 e. The van der Waals surface area contributed by atoms with Crippen LogP contribution in [0.5, 0.6) is 11.5 Å². The maximum atomic E-state index is 12.8. The maximum Gasteiger partial charge on any atom is 0.416 e. The Kier molecular flexibility index (Phi) is 7.15. The molecule has 1 aromatic heterocycles. The third kappa shape index (κ3) is 5.51. The van der Waals surface area contributed by atoms with Gasteiger partial charge in [-0.05, 0) is 55.3 Å². The van der Waals surface area contributed by atoms with Gasteiger partial charge in [0.15, 0.2) is 11.5 Å². The van der Waals surface area contributed by atoms with Crippen molar-refractivity contribution in [3.8, 4) is 22.8 Å².